The fourth-order valence-corrected chi connectivity index (χ4v) is 2.43. The molecule has 4 nitrogen and oxygen atoms in total. The number of guanidine groups is 1. The molecule has 2 rings (SSSR count). The Labute approximate surface area is 166 Å². The predicted octanol–water partition coefficient (Wildman–Crippen LogP) is 3.75. The lowest BCUT2D eigenvalue weighted by atomic mass is 10.1. The van der Waals surface area contributed by atoms with Crippen LogP contribution in [0.4, 0.5) is 4.39 Å². The maximum absolute atomic E-state index is 13.1. The van der Waals surface area contributed by atoms with Crippen molar-refractivity contribution in [3.63, 3.8) is 0 Å². The molecule has 1 aromatic heterocycles. The molecule has 0 unspecified atom stereocenters. The number of hydrogen-bond donors (Lipinski definition) is 2. The number of nitrogens with zero attached hydrogens (tertiary/aromatic N) is 2. The number of halogens is 2. The summed E-state index contributed by atoms with van der Waals surface area (Å²) >= 11 is 0. The van der Waals surface area contributed by atoms with Gasteiger partial charge in [0.15, 0.2) is 5.96 Å². The Morgan fingerprint density at radius 3 is 2.64 bits per heavy atom. The van der Waals surface area contributed by atoms with Crippen LogP contribution in [-0.2, 0) is 13.0 Å². The lowest BCUT2D eigenvalue weighted by Crippen LogP contribution is -2.38. The first-order chi connectivity index (χ1) is 11.6. The minimum Gasteiger partial charge on any atom is -0.357 e. The molecule has 6 heteroatoms. The Bertz CT molecular complexity index is 704. The SMILES string of the molecule is CCNC(=NCc1ncccc1C)NCCc1ccc(F)cc1C.I. The van der Waals surface area contributed by atoms with Gasteiger partial charge in [-0.05, 0) is 62.1 Å². The molecule has 1 heterocycles. The molecule has 0 amide bonds. The summed E-state index contributed by atoms with van der Waals surface area (Å²) in [7, 11) is 0. The fourth-order valence-electron chi connectivity index (χ4n) is 2.43. The van der Waals surface area contributed by atoms with Crippen LogP contribution in [0.2, 0.25) is 0 Å². The number of hydrogen-bond acceptors (Lipinski definition) is 2. The third-order valence-corrected chi connectivity index (χ3v) is 3.84. The molecule has 0 saturated heterocycles. The molecule has 25 heavy (non-hydrogen) atoms. The Morgan fingerprint density at radius 2 is 1.96 bits per heavy atom. The predicted molar refractivity (Wildman–Crippen MR) is 112 cm³/mol. The maximum atomic E-state index is 13.1. The second kappa shape index (κ2) is 11.0. The highest BCUT2D eigenvalue weighted by atomic mass is 127. The molecule has 2 aromatic rings. The quantitative estimate of drug-likeness (QED) is 0.396. The monoisotopic (exact) mass is 456 g/mol. The van der Waals surface area contributed by atoms with Crippen molar-refractivity contribution in [2.45, 2.75) is 33.7 Å². The van der Waals surface area contributed by atoms with E-state index < -0.39 is 0 Å². The van der Waals surface area contributed by atoms with Crippen molar-refractivity contribution in [3.05, 3.63) is 64.7 Å². The van der Waals surface area contributed by atoms with Crippen molar-refractivity contribution in [1.82, 2.24) is 15.6 Å². The first-order valence-electron chi connectivity index (χ1n) is 8.28. The second-order valence-electron chi connectivity index (χ2n) is 5.71. The first kappa shape index (κ1) is 21.3. The highest BCUT2D eigenvalue weighted by molar-refractivity contribution is 14.0. The van der Waals surface area contributed by atoms with Crippen molar-refractivity contribution in [1.29, 1.82) is 0 Å². The summed E-state index contributed by atoms with van der Waals surface area (Å²) in [5.41, 5.74) is 4.23. The molecule has 136 valence electrons. The Hall–Kier alpha value is -1.70. The zero-order valence-electron chi connectivity index (χ0n) is 15.0. The van der Waals surface area contributed by atoms with Crippen LogP contribution in [0.3, 0.4) is 0 Å². The largest absolute Gasteiger partial charge is 0.357 e. The number of aryl methyl sites for hydroxylation is 2. The molecular weight excluding hydrogens is 430 g/mol. The van der Waals surface area contributed by atoms with E-state index in [-0.39, 0.29) is 29.8 Å². The Kier molecular flexibility index (Phi) is 9.41. The van der Waals surface area contributed by atoms with Gasteiger partial charge < -0.3 is 10.6 Å². The molecule has 0 fully saturated rings. The molecular formula is C19H26FIN4. The van der Waals surface area contributed by atoms with E-state index in [2.05, 4.69) is 20.6 Å². The molecule has 0 radical (unpaired) electrons. The Balaban J connectivity index is 0.00000312. The van der Waals surface area contributed by atoms with Gasteiger partial charge in [0, 0.05) is 19.3 Å². The van der Waals surface area contributed by atoms with E-state index in [0.717, 1.165) is 47.9 Å². The molecule has 0 spiro atoms. The van der Waals surface area contributed by atoms with E-state index in [1.165, 1.54) is 6.07 Å². The highest BCUT2D eigenvalue weighted by Gasteiger charge is 2.03. The maximum Gasteiger partial charge on any atom is 0.191 e. The van der Waals surface area contributed by atoms with E-state index in [1.54, 1.807) is 12.3 Å². The van der Waals surface area contributed by atoms with Crippen molar-refractivity contribution >= 4 is 29.9 Å². The molecule has 0 saturated carbocycles. The summed E-state index contributed by atoms with van der Waals surface area (Å²) in [5, 5.41) is 6.55. The number of aliphatic imine (C=N–C) groups is 1. The van der Waals surface area contributed by atoms with Crippen LogP contribution in [0.15, 0.2) is 41.5 Å². The number of benzene rings is 1. The summed E-state index contributed by atoms with van der Waals surface area (Å²) in [6.45, 7) is 8.07. The molecule has 1 aromatic carbocycles. The van der Waals surface area contributed by atoms with E-state index in [0.29, 0.717) is 6.54 Å². The lowest BCUT2D eigenvalue weighted by Gasteiger charge is -2.12. The second-order valence-corrected chi connectivity index (χ2v) is 5.71. The summed E-state index contributed by atoms with van der Waals surface area (Å²) in [6, 6.07) is 8.88. The van der Waals surface area contributed by atoms with Gasteiger partial charge in [0.05, 0.1) is 12.2 Å². The van der Waals surface area contributed by atoms with E-state index in [9.17, 15) is 4.39 Å². The van der Waals surface area contributed by atoms with Crippen molar-refractivity contribution in [2.75, 3.05) is 13.1 Å². The van der Waals surface area contributed by atoms with Crippen LogP contribution in [0.25, 0.3) is 0 Å². The van der Waals surface area contributed by atoms with E-state index in [4.69, 9.17) is 0 Å². The zero-order chi connectivity index (χ0) is 17.4. The molecule has 2 N–H and O–H groups in total. The van der Waals surface area contributed by atoms with E-state index in [1.807, 2.05) is 39.0 Å². The van der Waals surface area contributed by atoms with Gasteiger partial charge in [-0.15, -0.1) is 24.0 Å². The normalized spacial score (nSPS) is 11.0. The fraction of sp³-hybridized carbons (Fsp3) is 0.368. The van der Waals surface area contributed by atoms with Gasteiger partial charge in [0.2, 0.25) is 0 Å². The van der Waals surface area contributed by atoms with Gasteiger partial charge >= 0.3 is 0 Å². The molecule has 0 bridgehead atoms. The van der Waals surface area contributed by atoms with Gasteiger partial charge in [0.1, 0.15) is 5.82 Å². The first-order valence-corrected chi connectivity index (χ1v) is 8.28. The van der Waals surface area contributed by atoms with Gasteiger partial charge in [-0.2, -0.15) is 0 Å². The van der Waals surface area contributed by atoms with Crippen molar-refractivity contribution < 1.29 is 4.39 Å². The van der Waals surface area contributed by atoms with Crippen LogP contribution >= 0.6 is 24.0 Å². The van der Waals surface area contributed by atoms with Crippen LogP contribution in [-0.4, -0.2) is 24.0 Å². The molecule has 0 aliphatic carbocycles. The summed E-state index contributed by atoms with van der Waals surface area (Å²) in [6.07, 6.45) is 2.61. The summed E-state index contributed by atoms with van der Waals surface area (Å²) in [5.74, 6) is 0.576. The Morgan fingerprint density at radius 1 is 1.16 bits per heavy atom. The molecule has 0 aliphatic heterocycles. The molecule has 0 atom stereocenters. The summed E-state index contributed by atoms with van der Waals surface area (Å²) in [4.78, 5) is 8.94. The van der Waals surface area contributed by atoms with Crippen LogP contribution in [0.1, 0.15) is 29.3 Å². The van der Waals surface area contributed by atoms with E-state index >= 15 is 0 Å². The number of nitrogens with one attached hydrogen (secondary N) is 2. The third-order valence-electron chi connectivity index (χ3n) is 3.84. The van der Waals surface area contributed by atoms with Crippen LogP contribution in [0.5, 0.6) is 0 Å². The van der Waals surface area contributed by atoms with Gasteiger partial charge in [-0.25, -0.2) is 9.38 Å². The van der Waals surface area contributed by atoms with Crippen molar-refractivity contribution in [3.8, 4) is 0 Å². The van der Waals surface area contributed by atoms with Gasteiger partial charge in [-0.1, -0.05) is 12.1 Å². The van der Waals surface area contributed by atoms with Crippen molar-refractivity contribution in [2.24, 2.45) is 4.99 Å². The average molecular weight is 456 g/mol. The highest BCUT2D eigenvalue weighted by Crippen LogP contribution is 2.10. The number of aromatic nitrogens is 1. The standard InChI is InChI=1S/C19H25FN4.HI/c1-4-21-19(24-13-18-14(2)6-5-10-22-18)23-11-9-16-7-8-17(20)12-15(16)3;/h5-8,10,12H,4,9,11,13H2,1-3H3,(H2,21,23,24);1H. The zero-order valence-corrected chi connectivity index (χ0v) is 17.3. The third kappa shape index (κ3) is 6.97. The smallest absolute Gasteiger partial charge is 0.191 e. The molecule has 0 aliphatic rings. The number of rotatable bonds is 6. The minimum atomic E-state index is -0.190. The van der Waals surface area contributed by atoms with Gasteiger partial charge in [0.25, 0.3) is 0 Å². The van der Waals surface area contributed by atoms with Crippen LogP contribution < -0.4 is 10.6 Å². The topological polar surface area (TPSA) is 49.3 Å². The minimum absolute atomic E-state index is 0. The van der Waals surface area contributed by atoms with Gasteiger partial charge in [-0.3, -0.25) is 4.98 Å². The van der Waals surface area contributed by atoms with Crippen LogP contribution in [0, 0.1) is 19.7 Å². The number of pyridine rings is 1. The summed E-state index contributed by atoms with van der Waals surface area (Å²) < 4.78 is 13.1. The lowest BCUT2D eigenvalue weighted by molar-refractivity contribution is 0.625. The average Bonchev–Trinajstić information content (AvgIpc) is 2.56.